The molecule has 11 atom stereocenters. The van der Waals surface area contributed by atoms with Crippen LogP contribution >= 0.6 is 15.6 Å². The summed E-state index contributed by atoms with van der Waals surface area (Å²) < 4.78 is 72.0. The molecule has 1 unspecified atom stereocenters. The van der Waals surface area contributed by atoms with Crippen LogP contribution in [0.1, 0.15) is 18.7 Å². The summed E-state index contributed by atoms with van der Waals surface area (Å²) in [6.07, 6.45) is -6.50. The molecular formula is C22H25FN10O11P2. The number of imidazole rings is 2. The number of rotatable bonds is 2. The first-order valence-corrected chi connectivity index (χ1v) is 16.7. The molecule has 2 aliphatic heterocycles. The van der Waals surface area contributed by atoms with Gasteiger partial charge >= 0.3 is 15.6 Å². The van der Waals surface area contributed by atoms with Crippen molar-refractivity contribution in [1.82, 2.24) is 39.0 Å². The third-order valence-corrected chi connectivity index (χ3v) is 10.8. The number of anilines is 2. The zero-order valence-electron chi connectivity index (χ0n) is 23.1. The highest BCUT2D eigenvalue weighted by atomic mass is 31.2. The molecule has 4 fully saturated rings. The highest BCUT2D eigenvalue weighted by molar-refractivity contribution is 7.47. The maximum absolute atomic E-state index is 15.8. The molecule has 4 aromatic heterocycles. The molecule has 0 aromatic carbocycles. The van der Waals surface area contributed by atoms with Crippen molar-refractivity contribution in [3.8, 4) is 0 Å². The lowest BCUT2D eigenvalue weighted by molar-refractivity contribution is -0.0661. The summed E-state index contributed by atoms with van der Waals surface area (Å²) in [6.45, 7) is -1.51. The smallest absolute Gasteiger partial charge is 0.388 e. The number of aliphatic hydroxyl groups excluding tert-OH is 1. The molecule has 2 aliphatic carbocycles. The van der Waals surface area contributed by atoms with Crippen LogP contribution in [-0.2, 0) is 32.0 Å². The van der Waals surface area contributed by atoms with Crippen LogP contribution < -0.4 is 17.0 Å². The van der Waals surface area contributed by atoms with Gasteiger partial charge in [-0.1, -0.05) is 0 Å². The number of fused-ring (bicyclic) bond motifs is 4. The molecule has 46 heavy (non-hydrogen) atoms. The average molecular weight is 686 g/mol. The van der Waals surface area contributed by atoms with Crippen LogP contribution in [0.4, 0.5) is 16.2 Å². The van der Waals surface area contributed by atoms with Crippen molar-refractivity contribution >= 4 is 49.7 Å². The second kappa shape index (κ2) is 10.0. The molecule has 246 valence electrons. The average Bonchev–Trinajstić information content (AvgIpc) is 3.26. The minimum Gasteiger partial charge on any atom is -0.388 e. The van der Waals surface area contributed by atoms with Gasteiger partial charge in [0.25, 0.3) is 5.56 Å². The van der Waals surface area contributed by atoms with Crippen LogP contribution in [-0.4, -0.2) is 97.7 Å². The van der Waals surface area contributed by atoms with E-state index in [4.69, 9.17) is 34.3 Å². The van der Waals surface area contributed by atoms with Gasteiger partial charge in [-0.25, -0.2) is 33.5 Å². The maximum atomic E-state index is 15.8. The first kappa shape index (κ1) is 29.9. The van der Waals surface area contributed by atoms with Crippen LogP contribution in [0.3, 0.4) is 0 Å². The molecule has 1 spiro atoms. The number of hydrogen-bond donors (Lipinski definition) is 6. The van der Waals surface area contributed by atoms with Crippen molar-refractivity contribution in [2.45, 2.75) is 49.3 Å². The topological polar surface area (TPSA) is 300 Å². The number of H-pyrrole nitrogens is 1. The standard InChI is InChI=1S/C22H25FN10O11P2/c23-9-8-2-40-45(36,37)44-15-13(34)12(32-5-28-10-16(24)26-4-27-17(10)32)7-1-22(7,15)3-41-46(38,39)43-14(9)20(42-8)33-6-29-11-18(33)30-21(25)31-19(11)35/h4-9,12-15,20,34H,1-3H2,(H,36,37)(H,38,39)(H2,24,26,27)(H3,25,30,31,35)/t7-,8-,9-,12-,13+,14-,15+,20-,22+/m1/s1. The zero-order chi connectivity index (χ0) is 32.3. The Bertz CT molecular complexity index is 2040. The second-order valence-electron chi connectivity index (χ2n) is 11.5. The van der Waals surface area contributed by atoms with Crippen molar-refractivity contribution in [3.05, 3.63) is 29.3 Å². The molecule has 0 amide bonds. The third kappa shape index (κ3) is 4.52. The Balaban J connectivity index is 1.14. The molecule has 4 aliphatic rings. The fraction of sp³-hybridized carbons (Fsp3) is 0.545. The minimum atomic E-state index is -5.13. The Morgan fingerprint density at radius 3 is 2.57 bits per heavy atom. The Labute approximate surface area is 254 Å². The van der Waals surface area contributed by atoms with Gasteiger partial charge in [-0.3, -0.25) is 32.4 Å². The van der Waals surface area contributed by atoms with Gasteiger partial charge < -0.3 is 35.7 Å². The summed E-state index contributed by atoms with van der Waals surface area (Å²) in [7, 11) is -10.2. The largest absolute Gasteiger partial charge is 0.472 e. The van der Waals surface area contributed by atoms with E-state index >= 15 is 4.39 Å². The number of nitrogen functional groups attached to an aromatic ring is 2. The van der Waals surface area contributed by atoms with E-state index in [1.807, 2.05) is 0 Å². The lowest BCUT2D eigenvalue weighted by Gasteiger charge is -2.30. The predicted molar refractivity (Wildman–Crippen MR) is 148 cm³/mol. The molecule has 4 aromatic rings. The third-order valence-electron chi connectivity index (χ3n) is 8.91. The van der Waals surface area contributed by atoms with Crippen LogP contribution in [0.25, 0.3) is 22.3 Å². The van der Waals surface area contributed by atoms with Gasteiger partial charge in [0.05, 0.1) is 31.9 Å². The van der Waals surface area contributed by atoms with E-state index in [-0.39, 0.29) is 40.5 Å². The monoisotopic (exact) mass is 686 g/mol. The van der Waals surface area contributed by atoms with Crippen LogP contribution in [0.15, 0.2) is 23.8 Å². The van der Waals surface area contributed by atoms with Crippen molar-refractivity contribution in [3.63, 3.8) is 0 Å². The predicted octanol–water partition coefficient (Wildman–Crippen LogP) is -0.701. The molecule has 8 N–H and O–H groups in total. The van der Waals surface area contributed by atoms with Crippen molar-refractivity contribution in [2.24, 2.45) is 11.3 Å². The summed E-state index contributed by atoms with van der Waals surface area (Å²) in [5.74, 6) is -0.751. The van der Waals surface area contributed by atoms with E-state index in [2.05, 4.69) is 29.9 Å². The highest BCUT2D eigenvalue weighted by Crippen LogP contribution is 2.72. The van der Waals surface area contributed by atoms with Gasteiger partial charge in [0, 0.05) is 5.41 Å². The number of hydrogen-bond acceptors (Lipinski definition) is 16. The van der Waals surface area contributed by atoms with Crippen LogP contribution in [0.5, 0.6) is 0 Å². The number of halogens is 1. The molecule has 0 radical (unpaired) electrons. The first-order chi connectivity index (χ1) is 21.8. The molecule has 2 bridgehead atoms. The van der Waals surface area contributed by atoms with E-state index in [1.54, 1.807) is 0 Å². The van der Waals surface area contributed by atoms with E-state index in [0.29, 0.717) is 0 Å². The zero-order valence-corrected chi connectivity index (χ0v) is 24.9. The van der Waals surface area contributed by atoms with Gasteiger partial charge in [0.15, 0.2) is 35.0 Å². The quantitative estimate of drug-likeness (QED) is 0.142. The lowest BCUT2D eigenvalue weighted by Crippen LogP contribution is -2.38. The lowest BCUT2D eigenvalue weighted by atomic mass is 10.0. The molecule has 8 rings (SSSR count). The molecule has 24 heteroatoms. The number of nitrogens with two attached hydrogens (primary N) is 2. The summed E-state index contributed by atoms with van der Waals surface area (Å²) in [6, 6.07) is -0.850. The van der Waals surface area contributed by atoms with E-state index in [1.165, 1.54) is 17.2 Å². The van der Waals surface area contributed by atoms with Gasteiger partial charge in [0.2, 0.25) is 5.95 Å². The van der Waals surface area contributed by atoms with Crippen molar-refractivity contribution < 1.29 is 51.2 Å². The minimum absolute atomic E-state index is 0.0894. The van der Waals surface area contributed by atoms with Gasteiger partial charge in [-0.2, -0.15) is 4.98 Å². The Morgan fingerprint density at radius 1 is 1.02 bits per heavy atom. The summed E-state index contributed by atoms with van der Waals surface area (Å²) in [5, 5.41) is 11.4. The Hall–Kier alpha value is -3.43. The molecule has 2 saturated carbocycles. The Morgan fingerprint density at radius 2 is 1.76 bits per heavy atom. The number of nitrogens with one attached hydrogen (secondary N) is 1. The number of nitrogens with zero attached hydrogens (tertiary/aromatic N) is 7. The number of phosphoric acid groups is 2. The summed E-state index contributed by atoms with van der Waals surface area (Å²) in [4.78, 5) is 56.4. The van der Waals surface area contributed by atoms with Crippen LogP contribution in [0, 0.1) is 11.3 Å². The molecule has 21 nitrogen and oxygen atoms in total. The number of aliphatic hydroxyl groups is 1. The normalized spacial score (nSPS) is 41.0. The summed E-state index contributed by atoms with van der Waals surface area (Å²) >= 11 is 0. The number of aromatic nitrogens is 8. The SMILES string of the molecule is Nc1nc2c(ncn2[C@@H]2O[C@@H]3CO[P@@](=O)(O)O[C@H]4[C@@H](O)[C@H](n5cnc6c(N)ncnc65)[C@H]5C[C@]54COP(=O)(O)O[C@@H]2[C@@H]3F)c(=O)[nH]1. The van der Waals surface area contributed by atoms with E-state index in [0.717, 1.165) is 10.9 Å². The van der Waals surface area contributed by atoms with Crippen molar-refractivity contribution in [1.29, 1.82) is 0 Å². The number of ether oxygens (including phenoxy) is 1. The first-order valence-electron chi connectivity index (χ1n) is 13.7. The molecule has 2 saturated heterocycles. The van der Waals surface area contributed by atoms with E-state index < -0.39 is 88.6 Å². The van der Waals surface area contributed by atoms with Gasteiger partial charge in [-0.05, 0) is 12.3 Å². The molecular weight excluding hydrogens is 661 g/mol. The fourth-order valence-corrected chi connectivity index (χ4v) is 8.79. The summed E-state index contributed by atoms with van der Waals surface area (Å²) in [5.41, 5.74) is 9.73. The molecule has 6 heterocycles. The second-order valence-corrected chi connectivity index (χ2v) is 14.3. The maximum Gasteiger partial charge on any atom is 0.472 e. The number of phosphoric ester groups is 2. The fourth-order valence-electron chi connectivity index (χ4n) is 6.78. The van der Waals surface area contributed by atoms with Gasteiger partial charge in [0.1, 0.15) is 36.3 Å². The van der Waals surface area contributed by atoms with E-state index in [9.17, 15) is 28.8 Å². The number of alkyl halides is 1. The Kier molecular flexibility index (Phi) is 6.53. The highest BCUT2D eigenvalue weighted by Gasteiger charge is 2.74. The van der Waals surface area contributed by atoms with Crippen molar-refractivity contribution in [2.75, 3.05) is 24.7 Å². The van der Waals surface area contributed by atoms with Gasteiger partial charge in [-0.15, -0.1) is 0 Å². The van der Waals surface area contributed by atoms with Crippen LogP contribution in [0.2, 0.25) is 0 Å². The number of aromatic amines is 1.